The number of carbonyl (C=O) groups is 2. The minimum absolute atomic E-state index is 0.202. The average molecular weight is 724 g/mol. The molecule has 0 bridgehead atoms. The van der Waals surface area contributed by atoms with Crippen LogP contribution in [0.5, 0.6) is 0 Å². The number of ether oxygens (including phenoxy) is 2. The van der Waals surface area contributed by atoms with E-state index in [1.54, 1.807) is 21.1 Å². The van der Waals surface area contributed by atoms with Gasteiger partial charge in [0.1, 0.15) is 19.7 Å². The van der Waals surface area contributed by atoms with Crippen molar-refractivity contribution in [3.63, 3.8) is 0 Å². The van der Waals surface area contributed by atoms with Crippen molar-refractivity contribution in [3.05, 3.63) is 12.2 Å². The summed E-state index contributed by atoms with van der Waals surface area (Å²) in [4.78, 5) is 36.0. The largest absolute Gasteiger partial charge is 0.472 e. The number of unbranched alkanes of at least 4 members (excludes halogenated alkanes) is 20. The van der Waals surface area contributed by atoms with Crippen molar-refractivity contribution in [1.82, 2.24) is 0 Å². The number of carbonyl (C=O) groups excluding carboxylic acids is 2. The lowest BCUT2D eigenvalue weighted by Gasteiger charge is -2.24. The Morgan fingerprint density at radius 1 is 0.673 bits per heavy atom. The van der Waals surface area contributed by atoms with Gasteiger partial charge < -0.3 is 18.9 Å². The lowest BCUT2D eigenvalue weighted by atomic mass is 10.0. The van der Waals surface area contributed by atoms with Crippen LogP contribution in [0.25, 0.3) is 0 Å². The minimum Gasteiger partial charge on any atom is -0.462 e. The third kappa shape index (κ3) is 36.3. The lowest BCUT2D eigenvalue weighted by Crippen LogP contribution is -2.37. The fourth-order valence-corrected chi connectivity index (χ4v) is 5.58. The van der Waals surface area contributed by atoms with Gasteiger partial charge in [0.2, 0.25) is 0 Å². The van der Waals surface area contributed by atoms with E-state index in [0.29, 0.717) is 30.2 Å². The second kappa shape index (κ2) is 32.6. The van der Waals surface area contributed by atoms with Crippen molar-refractivity contribution in [2.24, 2.45) is 0 Å². The molecule has 0 rings (SSSR count). The van der Waals surface area contributed by atoms with Crippen LogP contribution in [0, 0.1) is 0 Å². The van der Waals surface area contributed by atoms with E-state index in [0.717, 1.165) is 57.8 Å². The van der Waals surface area contributed by atoms with Crippen LogP contribution in [0.4, 0.5) is 0 Å². The third-order valence-corrected chi connectivity index (χ3v) is 8.95. The summed E-state index contributed by atoms with van der Waals surface area (Å²) < 4.78 is 75.1. The fraction of sp³-hybridized carbons (Fsp3) is 0.897. The van der Waals surface area contributed by atoms with Crippen LogP contribution < -0.4 is 0 Å². The topological polar surface area (TPSA) is 108 Å². The van der Waals surface area contributed by atoms with Crippen LogP contribution in [0.1, 0.15) is 181 Å². The molecule has 1 unspecified atom stereocenters. The van der Waals surface area contributed by atoms with Crippen molar-refractivity contribution >= 4 is 19.8 Å². The molecule has 0 saturated carbocycles. The van der Waals surface area contributed by atoms with Gasteiger partial charge >= 0.3 is 19.8 Å². The molecule has 49 heavy (non-hydrogen) atoms. The van der Waals surface area contributed by atoms with Crippen LogP contribution in [0.15, 0.2) is 12.2 Å². The molecule has 0 saturated heterocycles. The molecule has 0 amide bonds. The number of phosphoric acid groups is 1. The number of phosphoric ester groups is 1. The maximum absolute atomic E-state index is 12.9. The summed E-state index contributed by atoms with van der Waals surface area (Å²) in [6.45, 7) is -3.10. The Balaban J connectivity index is 5.18. The molecular formula is C39H77NO8P+. The molecule has 0 aliphatic heterocycles. The predicted molar refractivity (Wildman–Crippen MR) is 201 cm³/mol. The standard InChI is InChI=1S/C39H76NO8P/c1-6-8-10-12-14-16-18-19-20-22-23-25-27-29-31-38(41)45-35-37(36-47-49(43,44)46-34-33-40(3,4)5)48-39(42)32-30-28-26-24-21-17-15-13-11-9-7-2/h13,15,37H,6-12,14,16-36H2,1-5H3/p+1/b15-13-/t37-/m1/s1/i35D2,36D2,37D. The molecule has 9 nitrogen and oxygen atoms in total. The lowest BCUT2D eigenvalue weighted by molar-refractivity contribution is -0.870. The highest BCUT2D eigenvalue weighted by molar-refractivity contribution is 7.47. The van der Waals surface area contributed by atoms with Gasteiger partial charge in [-0.1, -0.05) is 142 Å². The molecule has 0 fully saturated rings. The summed E-state index contributed by atoms with van der Waals surface area (Å²) in [5.74, 6) is -2.20. The Hall–Kier alpha value is -1.25. The molecule has 0 heterocycles. The molecule has 0 aromatic heterocycles. The van der Waals surface area contributed by atoms with Crippen molar-refractivity contribution in [3.8, 4) is 0 Å². The van der Waals surface area contributed by atoms with E-state index in [2.05, 4.69) is 30.5 Å². The summed E-state index contributed by atoms with van der Waals surface area (Å²) in [5.41, 5.74) is 0. The van der Waals surface area contributed by atoms with Gasteiger partial charge in [-0.25, -0.2) is 4.57 Å². The van der Waals surface area contributed by atoms with Crippen molar-refractivity contribution in [2.45, 2.75) is 180 Å². The van der Waals surface area contributed by atoms with E-state index in [-0.39, 0.29) is 26.0 Å². The van der Waals surface area contributed by atoms with Gasteiger partial charge in [-0.05, 0) is 32.1 Å². The van der Waals surface area contributed by atoms with Gasteiger partial charge in [0, 0.05) is 12.8 Å². The molecule has 0 aliphatic rings. The summed E-state index contributed by atoms with van der Waals surface area (Å²) >= 11 is 0. The Kier molecular flexibility index (Phi) is 26.0. The SMILES string of the molecule is [2H]C([2H])(OC(=O)CCCCCCCCCCCCCCCC)[C@@]([2H])(OC(=O)CCCCCCC/C=C\CCCC)C([2H])([2H])OP(=O)(O)OCC[N+](C)(C)C. The first-order valence-corrected chi connectivity index (χ1v) is 20.9. The first-order chi connectivity index (χ1) is 25.3. The van der Waals surface area contributed by atoms with E-state index in [4.69, 9.17) is 20.9 Å². The van der Waals surface area contributed by atoms with Crippen LogP contribution in [0.3, 0.4) is 0 Å². The van der Waals surface area contributed by atoms with Crippen LogP contribution in [-0.4, -0.2) is 74.8 Å². The second-order valence-corrected chi connectivity index (χ2v) is 15.5. The Morgan fingerprint density at radius 2 is 1.12 bits per heavy atom. The molecular weight excluding hydrogens is 641 g/mol. The molecule has 10 heteroatoms. The highest BCUT2D eigenvalue weighted by Crippen LogP contribution is 2.43. The summed E-state index contributed by atoms with van der Waals surface area (Å²) in [6.07, 6.45) is 23.9. The Bertz CT molecular complexity index is 1080. The Morgan fingerprint density at radius 3 is 1.63 bits per heavy atom. The number of nitrogens with zero attached hydrogens (tertiary/aromatic N) is 1. The zero-order valence-corrected chi connectivity index (χ0v) is 32.8. The molecule has 0 aromatic rings. The Labute approximate surface area is 308 Å². The predicted octanol–water partition coefficient (Wildman–Crippen LogP) is 10.6. The first kappa shape index (κ1) is 39.0. The maximum atomic E-state index is 12.9. The maximum Gasteiger partial charge on any atom is 0.472 e. The molecule has 0 aromatic carbocycles. The average Bonchev–Trinajstić information content (AvgIpc) is 3.05. The van der Waals surface area contributed by atoms with E-state index < -0.39 is 39.0 Å². The number of hydrogen-bond donors (Lipinski definition) is 1. The number of quaternary nitrogens is 1. The van der Waals surface area contributed by atoms with Crippen LogP contribution in [-0.2, 0) is 32.7 Å². The molecule has 0 radical (unpaired) electrons. The summed E-state index contributed by atoms with van der Waals surface area (Å²) in [7, 11) is 0.155. The van der Waals surface area contributed by atoms with Crippen LogP contribution >= 0.6 is 7.82 Å². The highest BCUT2D eigenvalue weighted by atomic mass is 31.2. The third-order valence-electron chi connectivity index (χ3n) is 8.12. The molecule has 290 valence electrons. The molecule has 0 spiro atoms. The highest BCUT2D eigenvalue weighted by Gasteiger charge is 2.27. The number of esters is 2. The van der Waals surface area contributed by atoms with Gasteiger partial charge in [-0.15, -0.1) is 0 Å². The molecule has 2 atom stereocenters. The van der Waals surface area contributed by atoms with E-state index in [1.165, 1.54) is 64.2 Å². The quantitative estimate of drug-likeness (QED) is 0.0224. The normalized spacial score (nSPS) is 16.6. The van der Waals surface area contributed by atoms with Gasteiger partial charge in [-0.2, -0.15) is 0 Å². The number of hydrogen-bond acceptors (Lipinski definition) is 7. The van der Waals surface area contributed by atoms with E-state index in [1.807, 2.05) is 0 Å². The van der Waals surface area contributed by atoms with Gasteiger partial charge in [0.15, 0.2) is 6.08 Å². The summed E-state index contributed by atoms with van der Waals surface area (Å²) in [5, 5.41) is 0. The molecule has 0 aliphatic carbocycles. The zero-order valence-electron chi connectivity index (χ0n) is 36.9. The van der Waals surface area contributed by atoms with Crippen molar-refractivity contribution < 1.29 is 48.9 Å². The number of likely N-dealkylation sites (N-methyl/N-ethyl adjacent to an activating group) is 1. The smallest absolute Gasteiger partial charge is 0.462 e. The zero-order chi connectivity index (χ0) is 41.0. The number of allylic oxidation sites excluding steroid dienone is 2. The first-order valence-electron chi connectivity index (χ1n) is 21.9. The summed E-state index contributed by atoms with van der Waals surface area (Å²) in [6, 6.07) is 0. The fourth-order valence-electron chi connectivity index (χ4n) is 5.02. The second-order valence-electron chi connectivity index (χ2n) is 14.2. The van der Waals surface area contributed by atoms with E-state index in [9.17, 15) is 19.0 Å². The van der Waals surface area contributed by atoms with Crippen molar-refractivity contribution in [2.75, 3.05) is 47.4 Å². The minimum atomic E-state index is -5.25. The van der Waals surface area contributed by atoms with Gasteiger partial charge in [0.05, 0.1) is 34.6 Å². The van der Waals surface area contributed by atoms with E-state index >= 15 is 0 Å². The van der Waals surface area contributed by atoms with Gasteiger partial charge in [0.25, 0.3) is 0 Å². The monoisotopic (exact) mass is 724 g/mol. The van der Waals surface area contributed by atoms with Gasteiger partial charge in [-0.3, -0.25) is 18.6 Å². The number of rotatable bonds is 36. The molecule has 1 N–H and O–H groups in total. The van der Waals surface area contributed by atoms with Crippen molar-refractivity contribution in [1.29, 1.82) is 0 Å². The van der Waals surface area contributed by atoms with Crippen LogP contribution in [0.2, 0.25) is 0 Å².